The molecule has 2 heterocycles. The largest absolute Gasteiger partial charge is 0.507 e. The van der Waals surface area contributed by atoms with Crippen LogP contribution in [0.15, 0.2) is 42.4 Å². The van der Waals surface area contributed by atoms with Crippen molar-refractivity contribution in [1.29, 1.82) is 0 Å². The summed E-state index contributed by atoms with van der Waals surface area (Å²) >= 11 is 0. The maximum Gasteiger partial charge on any atom is 0.231 e. The summed E-state index contributed by atoms with van der Waals surface area (Å²) in [4.78, 5) is 18.2. The number of benzene rings is 1. The van der Waals surface area contributed by atoms with E-state index in [9.17, 15) is 9.90 Å². The molecule has 0 bridgehead atoms. The van der Waals surface area contributed by atoms with Crippen molar-refractivity contribution in [2.24, 2.45) is 11.8 Å². The quantitative estimate of drug-likeness (QED) is 0.724. The molecule has 148 valence electrons. The molecule has 0 saturated carbocycles. The Kier molecular flexibility index (Phi) is 6.15. The van der Waals surface area contributed by atoms with Gasteiger partial charge in [-0.3, -0.25) is 9.78 Å². The number of carbonyl (C=O) groups excluding carboxylic acids is 1. The summed E-state index contributed by atoms with van der Waals surface area (Å²) in [5, 5.41) is 10.5. The number of ketones is 1. The number of nitrogens with zero attached hydrogens (tertiary/aromatic N) is 1. The summed E-state index contributed by atoms with van der Waals surface area (Å²) in [6.45, 7) is 11.4. The second-order valence-electron chi connectivity index (χ2n) is 8.28. The van der Waals surface area contributed by atoms with Gasteiger partial charge in [0.15, 0.2) is 11.5 Å². The Morgan fingerprint density at radius 3 is 2.32 bits per heavy atom. The fourth-order valence-corrected chi connectivity index (χ4v) is 3.71. The van der Waals surface area contributed by atoms with Crippen molar-refractivity contribution in [3.8, 4) is 11.5 Å². The summed E-state index contributed by atoms with van der Waals surface area (Å²) in [5.41, 5.74) is 2.07. The zero-order valence-corrected chi connectivity index (χ0v) is 17.0. The highest BCUT2D eigenvalue weighted by molar-refractivity contribution is 6.14. The first-order valence-corrected chi connectivity index (χ1v) is 9.87. The second-order valence-corrected chi connectivity index (χ2v) is 8.28. The second kappa shape index (κ2) is 8.57. The fourth-order valence-electron chi connectivity index (χ4n) is 3.71. The smallest absolute Gasteiger partial charge is 0.231 e. The number of aromatic hydroxyl groups is 1. The van der Waals surface area contributed by atoms with Gasteiger partial charge in [0.05, 0.1) is 24.2 Å². The van der Waals surface area contributed by atoms with E-state index in [2.05, 4.69) is 32.7 Å². The van der Waals surface area contributed by atoms with Gasteiger partial charge in [0, 0.05) is 24.2 Å². The Balaban J connectivity index is 1.92. The lowest BCUT2D eigenvalue weighted by Crippen LogP contribution is -3.11. The fraction of sp³-hybridized carbons (Fsp3) is 0.391. The van der Waals surface area contributed by atoms with Gasteiger partial charge in [-0.05, 0) is 35.9 Å². The van der Waals surface area contributed by atoms with Gasteiger partial charge in [-0.1, -0.05) is 27.7 Å². The third-order valence-corrected chi connectivity index (χ3v) is 4.74. The van der Waals surface area contributed by atoms with Crippen LogP contribution in [0, 0.1) is 11.8 Å². The van der Waals surface area contributed by atoms with Crippen LogP contribution >= 0.6 is 0 Å². The molecule has 1 aliphatic heterocycles. The van der Waals surface area contributed by atoms with Gasteiger partial charge in [0.1, 0.15) is 12.3 Å². The number of carbonyl (C=O) groups is 1. The Labute approximate surface area is 166 Å². The highest BCUT2D eigenvalue weighted by Crippen LogP contribution is 2.39. The van der Waals surface area contributed by atoms with Gasteiger partial charge in [0.25, 0.3) is 0 Å². The normalized spacial score (nSPS) is 15.0. The predicted octanol–water partition coefficient (Wildman–Crippen LogP) is 3.10. The third kappa shape index (κ3) is 4.60. The minimum absolute atomic E-state index is 0.151. The molecule has 3 rings (SSSR count). The monoisotopic (exact) mass is 381 g/mol. The number of hydrogen-bond donors (Lipinski definition) is 2. The van der Waals surface area contributed by atoms with Crippen LogP contribution in [0.5, 0.6) is 11.5 Å². The number of allylic oxidation sites excluding steroid dienone is 1. The molecule has 1 aromatic carbocycles. The predicted molar refractivity (Wildman–Crippen MR) is 109 cm³/mol. The lowest BCUT2D eigenvalue weighted by atomic mass is 10.0. The van der Waals surface area contributed by atoms with E-state index >= 15 is 0 Å². The number of phenols is 1. The van der Waals surface area contributed by atoms with Crippen molar-refractivity contribution in [1.82, 2.24) is 4.98 Å². The van der Waals surface area contributed by atoms with Crippen LogP contribution in [0.2, 0.25) is 0 Å². The molecule has 0 spiro atoms. The van der Waals surface area contributed by atoms with Gasteiger partial charge < -0.3 is 14.7 Å². The van der Waals surface area contributed by atoms with Crippen LogP contribution in [0.4, 0.5) is 0 Å². The Bertz CT molecular complexity index is 863. The van der Waals surface area contributed by atoms with Crippen molar-refractivity contribution in [3.63, 3.8) is 0 Å². The van der Waals surface area contributed by atoms with Gasteiger partial charge >= 0.3 is 0 Å². The number of hydrogen-bond acceptors (Lipinski definition) is 4. The molecular formula is C23H29N2O3+. The van der Waals surface area contributed by atoms with E-state index in [-0.39, 0.29) is 17.3 Å². The first-order valence-electron chi connectivity index (χ1n) is 9.87. The van der Waals surface area contributed by atoms with Crippen LogP contribution in [-0.4, -0.2) is 29.0 Å². The first-order chi connectivity index (χ1) is 13.3. The molecule has 0 atom stereocenters. The topological polar surface area (TPSA) is 63.9 Å². The molecule has 0 saturated heterocycles. The standard InChI is InChI=1S/C23H28N2O3/c1-15(2)12-25(13-16(3)4)14-19-20(26)6-5-18-22(27)21(28-23(18)19)11-17-7-9-24-10-8-17/h5-11,15-16,26H,12-14H2,1-4H3/p+1/b21-11+. The van der Waals surface area contributed by atoms with Crippen molar-refractivity contribution in [2.45, 2.75) is 34.2 Å². The molecule has 0 unspecified atom stereocenters. The molecule has 0 aliphatic carbocycles. The first kappa shape index (κ1) is 20.1. The number of fused-ring (bicyclic) bond motifs is 1. The maximum atomic E-state index is 12.8. The van der Waals surface area contributed by atoms with E-state index in [1.54, 1.807) is 30.6 Å². The summed E-state index contributed by atoms with van der Waals surface area (Å²) in [6.07, 6.45) is 5.07. The van der Waals surface area contributed by atoms with Gasteiger partial charge in [-0.2, -0.15) is 0 Å². The average Bonchev–Trinajstić information content (AvgIpc) is 2.93. The number of aromatic nitrogens is 1. The molecule has 1 aromatic heterocycles. The van der Waals surface area contributed by atoms with Crippen molar-refractivity contribution in [3.05, 3.63) is 59.1 Å². The molecule has 0 amide bonds. The van der Waals surface area contributed by atoms with Gasteiger partial charge in [-0.15, -0.1) is 0 Å². The van der Waals surface area contributed by atoms with Crippen molar-refractivity contribution >= 4 is 11.9 Å². The minimum Gasteiger partial charge on any atom is -0.507 e. The number of quaternary nitrogens is 1. The minimum atomic E-state index is -0.151. The van der Waals surface area contributed by atoms with E-state index in [1.807, 2.05) is 12.1 Å². The summed E-state index contributed by atoms with van der Waals surface area (Å²) in [7, 11) is 0. The molecule has 0 fully saturated rings. The van der Waals surface area contributed by atoms with E-state index in [0.29, 0.717) is 35.3 Å². The van der Waals surface area contributed by atoms with Gasteiger partial charge in [-0.25, -0.2) is 0 Å². The number of pyridine rings is 1. The molecular weight excluding hydrogens is 352 g/mol. The number of rotatable bonds is 7. The average molecular weight is 381 g/mol. The van der Waals surface area contributed by atoms with Crippen LogP contribution in [-0.2, 0) is 6.54 Å². The Morgan fingerprint density at radius 2 is 1.71 bits per heavy atom. The van der Waals surface area contributed by atoms with Crippen LogP contribution in [0.3, 0.4) is 0 Å². The maximum absolute atomic E-state index is 12.8. The zero-order valence-electron chi connectivity index (χ0n) is 17.0. The molecule has 5 heteroatoms. The SMILES string of the molecule is CC(C)C[NH+](Cc1c(O)ccc2c1O/C(=C/c1ccncc1)C2=O)CC(C)C. The number of nitrogens with one attached hydrogen (secondary N) is 1. The van der Waals surface area contributed by atoms with Gasteiger partial charge in [0.2, 0.25) is 5.78 Å². The molecule has 2 aromatic rings. The Morgan fingerprint density at radius 1 is 1.07 bits per heavy atom. The summed E-state index contributed by atoms with van der Waals surface area (Å²) in [6, 6.07) is 6.89. The van der Waals surface area contributed by atoms with E-state index in [1.165, 1.54) is 4.90 Å². The van der Waals surface area contributed by atoms with Crippen LogP contribution < -0.4 is 9.64 Å². The highest BCUT2D eigenvalue weighted by Gasteiger charge is 2.32. The molecule has 1 aliphatic rings. The van der Waals surface area contributed by atoms with Crippen LogP contribution in [0.25, 0.3) is 6.08 Å². The summed E-state index contributed by atoms with van der Waals surface area (Å²) in [5.74, 6) is 1.89. The molecule has 28 heavy (non-hydrogen) atoms. The number of phenolic OH excluding ortho intramolecular Hbond substituents is 1. The molecule has 5 nitrogen and oxygen atoms in total. The lowest BCUT2D eigenvalue weighted by Gasteiger charge is -2.24. The van der Waals surface area contributed by atoms with Crippen molar-refractivity contribution < 1.29 is 19.5 Å². The highest BCUT2D eigenvalue weighted by atomic mass is 16.5. The molecule has 0 radical (unpaired) electrons. The van der Waals surface area contributed by atoms with E-state index in [0.717, 1.165) is 18.7 Å². The van der Waals surface area contributed by atoms with Crippen LogP contribution in [0.1, 0.15) is 49.2 Å². The third-order valence-electron chi connectivity index (χ3n) is 4.74. The van der Waals surface area contributed by atoms with Crippen molar-refractivity contribution in [2.75, 3.05) is 13.1 Å². The van der Waals surface area contributed by atoms with E-state index in [4.69, 9.17) is 4.74 Å². The summed E-state index contributed by atoms with van der Waals surface area (Å²) < 4.78 is 5.96. The molecule has 2 N–H and O–H groups in total. The number of ether oxygens (including phenoxy) is 1. The Hall–Kier alpha value is -2.66. The van der Waals surface area contributed by atoms with E-state index < -0.39 is 0 Å². The number of Topliss-reactive ketones (excluding diaryl/α,β-unsaturated/α-hetero) is 1. The zero-order chi connectivity index (χ0) is 20.3. The lowest BCUT2D eigenvalue weighted by molar-refractivity contribution is -0.919.